The Morgan fingerprint density at radius 1 is 1.29 bits per heavy atom. The van der Waals surface area contributed by atoms with Crippen LogP contribution in [0.25, 0.3) is 11.0 Å². The van der Waals surface area contributed by atoms with Gasteiger partial charge in [0.05, 0.1) is 11.0 Å². The Morgan fingerprint density at radius 3 is 2.59 bits per heavy atom. The predicted molar refractivity (Wildman–Crippen MR) is 62.6 cm³/mol. The van der Waals surface area contributed by atoms with Crippen LogP contribution in [-0.2, 0) is 0 Å². The van der Waals surface area contributed by atoms with E-state index in [1.54, 1.807) is 24.3 Å². The zero-order valence-electron chi connectivity index (χ0n) is 9.05. The van der Waals surface area contributed by atoms with Crippen molar-refractivity contribution in [1.82, 2.24) is 15.3 Å². The second kappa shape index (κ2) is 4.75. The number of rotatable bonds is 3. The van der Waals surface area contributed by atoms with Crippen molar-refractivity contribution in [2.45, 2.75) is 0 Å². The maximum absolute atomic E-state index is 11.6. The Labute approximate surface area is 97.5 Å². The summed E-state index contributed by atoms with van der Waals surface area (Å²) in [4.78, 5) is 19.6. The molecule has 0 aliphatic heterocycles. The molecule has 0 fully saturated rings. The quantitative estimate of drug-likeness (QED) is 0.692. The van der Waals surface area contributed by atoms with Crippen molar-refractivity contribution < 1.29 is 9.90 Å². The highest BCUT2D eigenvalue weighted by Crippen LogP contribution is 2.16. The van der Waals surface area contributed by atoms with E-state index in [2.05, 4.69) is 15.3 Å². The number of aromatic nitrogens is 2. The van der Waals surface area contributed by atoms with Crippen molar-refractivity contribution in [3.8, 4) is 5.88 Å². The summed E-state index contributed by atoms with van der Waals surface area (Å²) in [6, 6.07) is 7.01. The van der Waals surface area contributed by atoms with Crippen LogP contribution in [0.15, 0.2) is 24.3 Å². The first-order valence-electron chi connectivity index (χ1n) is 5.16. The number of carbonyl (C=O) groups excluding carboxylic acids is 1. The fraction of sp³-hybridized carbons (Fsp3) is 0.182. The van der Waals surface area contributed by atoms with Gasteiger partial charge in [0.1, 0.15) is 0 Å². The highest BCUT2D eigenvalue weighted by Gasteiger charge is 2.14. The molecule has 2 aromatic rings. The standard InChI is InChI=1S/C11H12N4O2/c12-5-6-13-10(16)9-11(17)15-8-4-2-1-3-7(8)14-9/h1-4H,5-6,12H2,(H,13,16)(H,15,17). The lowest BCUT2D eigenvalue weighted by molar-refractivity contribution is 0.0946. The fourth-order valence-electron chi connectivity index (χ4n) is 1.41. The average Bonchev–Trinajstić information content (AvgIpc) is 2.35. The van der Waals surface area contributed by atoms with Gasteiger partial charge in [0, 0.05) is 13.1 Å². The van der Waals surface area contributed by atoms with Gasteiger partial charge in [-0.05, 0) is 12.1 Å². The molecule has 6 nitrogen and oxygen atoms in total. The Bertz CT molecular complexity index is 556. The van der Waals surface area contributed by atoms with E-state index in [9.17, 15) is 9.90 Å². The van der Waals surface area contributed by atoms with Crippen molar-refractivity contribution in [3.05, 3.63) is 30.0 Å². The molecule has 0 radical (unpaired) electrons. The predicted octanol–water partition coefficient (Wildman–Crippen LogP) is 0.0239. The summed E-state index contributed by atoms with van der Waals surface area (Å²) in [7, 11) is 0. The number of fused-ring (bicyclic) bond motifs is 1. The van der Waals surface area contributed by atoms with Gasteiger partial charge in [0.25, 0.3) is 5.91 Å². The van der Waals surface area contributed by atoms with Crippen molar-refractivity contribution in [2.75, 3.05) is 13.1 Å². The van der Waals surface area contributed by atoms with E-state index in [0.717, 1.165) is 0 Å². The zero-order chi connectivity index (χ0) is 12.3. The number of carbonyl (C=O) groups is 1. The zero-order valence-corrected chi connectivity index (χ0v) is 9.05. The number of amides is 1. The van der Waals surface area contributed by atoms with Crippen LogP contribution in [0.3, 0.4) is 0 Å². The molecule has 6 heteroatoms. The van der Waals surface area contributed by atoms with Gasteiger partial charge in [-0.2, -0.15) is 0 Å². The summed E-state index contributed by atoms with van der Waals surface area (Å²) >= 11 is 0. The summed E-state index contributed by atoms with van der Waals surface area (Å²) < 4.78 is 0. The van der Waals surface area contributed by atoms with Gasteiger partial charge in [0.2, 0.25) is 5.88 Å². The summed E-state index contributed by atoms with van der Waals surface area (Å²) in [6.45, 7) is 0.653. The van der Waals surface area contributed by atoms with Gasteiger partial charge in [0.15, 0.2) is 5.69 Å². The van der Waals surface area contributed by atoms with E-state index in [4.69, 9.17) is 5.73 Å². The summed E-state index contributed by atoms with van der Waals surface area (Å²) in [5.74, 6) is -0.857. The number of benzene rings is 1. The molecule has 17 heavy (non-hydrogen) atoms. The molecular weight excluding hydrogens is 220 g/mol. The molecule has 0 atom stereocenters. The topological polar surface area (TPSA) is 101 Å². The summed E-state index contributed by atoms with van der Waals surface area (Å²) in [6.07, 6.45) is 0. The van der Waals surface area contributed by atoms with E-state index >= 15 is 0 Å². The number of nitrogens with zero attached hydrogens (tertiary/aromatic N) is 2. The van der Waals surface area contributed by atoms with Gasteiger partial charge in [-0.25, -0.2) is 9.97 Å². The van der Waals surface area contributed by atoms with Crippen LogP contribution in [-0.4, -0.2) is 34.1 Å². The molecule has 1 heterocycles. The summed E-state index contributed by atoms with van der Waals surface area (Å²) in [5, 5.41) is 12.1. The maximum atomic E-state index is 11.6. The van der Waals surface area contributed by atoms with Crippen LogP contribution in [0.2, 0.25) is 0 Å². The monoisotopic (exact) mass is 232 g/mol. The Hall–Kier alpha value is -2.21. The van der Waals surface area contributed by atoms with Crippen molar-refractivity contribution in [2.24, 2.45) is 5.73 Å². The molecule has 2 rings (SSSR count). The third-order valence-electron chi connectivity index (χ3n) is 2.20. The van der Waals surface area contributed by atoms with Crippen LogP contribution >= 0.6 is 0 Å². The molecule has 1 aromatic carbocycles. The highest BCUT2D eigenvalue weighted by atomic mass is 16.3. The number of nitrogens with two attached hydrogens (primary N) is 1. The van der Waals surface area contributed by atoms with Gasteiger partial charge in [-0.1, -0.05) is 12.1 Å². The van der Waals surface area contributed by atoms with Crippen LogP contribution in [0, 0.1) is 0 Å². The van der Waals surface area contributed by atoms with Crippen LogP contribution in [0.5, 0.6) is 5.88 Å². The highest BCUT2D eigenvalue weighted by molar-refractivity contribution is 5.96. The Kier molecular flexibility index (Phi) is 3.15. The first-order valence-corrected chi connectivity index (χ1v) is 5.16. The minimum atomic E-state index is -0.480. The largest absolute Gasteiger partial charge is 0.492 e. The minimum absolute atomic E-state index is 0.0860. The SMILES string of the molecule is NCCNC(=O)c1nc2ccccc2nc1O. The first kappa shape index (κ1) is 11.3. The summed E-state index contributed by atoms with van der Waals surface area (Å²) in [5.41, 5.74) is 6.28. The van der Waals surface area contributed by atoms with Gasteiger partial charge < -0.3 is 16.2 Å². The van der Waals surface area contributed by atoms with E-state index in [1.165, 1.54) is 0 Å². The lowest BCUT2D eigenvalue weighted by Crippen LogP contribution is -2.29. The van der Waals surface area contributed by atoms with Crippen LogP contribution in [0.4, 0.5) is 0 Å². The van der Waals surface area contributed by atoms with Crippen LogP contribution in [0.1, 0.15) is 10.5 Å². The van der Waals surface area contributed by atoms with E-state index in [-0.39, 0.29) is 11.6 Å². The smallest absolute Gasteiger partial charge is 0.275 e. The first-order chi connectivity index (χ1) is 8.22. The van der Waals surface area contributed by atoms with E-state index in [1.807, 2.05) is 0 Å². The minimum Gasteiger partial charge on any atom is -0.492 e. The lowest BCUT2D eigenvalue weighted by Gasteiger charge is -2.05. The number of aromatic hydroxyl groups is 1. The van der Waals surface area contributed by atoms with E-state index < -0.39 is 5.91 Å². The average molecular weight is 232 g/mol. The number of hydrogen-bond acceptors (Lipinski definition) is 5. The molecular formula is C11H12N4O2. The van der Waals surface area contributed by atoms with Crippen molar-refractivity contribution in [1.29, 1.82) is 0 Å². The van der Waals surface area contributed by atoms with Gasteiger partial charge in [-0.3, -0.25) is 4.79 Å². The second-order valence-corrected chi connectivity index (χ2v) is 3.43. The number of para-hydroxylation sites is 2. The third kappa shape index (κ3) is 2.31. The molecule has 0 saturated carbocycles. The van der Waals surface area contributed by atoms with Crippen molar-refractivity contribution in [3.63, 3.8) is 0 Å². The lowest BCUT2D eigenvalue weighted by atomic mass is 10.3. The Morgan fingerprint density at radius 2 is 1.94 bits per heavy atom. The molecule has 0 spiro atoms. The molecule has 88 valence electrons. The normalized spacial score (nSPS) is 10.4. The molecule has 1 aromatic heterocycles. The number of hydrogen-bond donors (Lipinski definition) is 3. The van der Waals surface area contributed by atoms with Gasteiger partial charge in [-0.15, -0.1) is 0 Å². The second-order valence-electron chi connectivity index (χ2n) is 3.43. The van der Waals surface area contributed by atoms with E-state index in [0.29, 0.717) is 24.1 Å². The third-order valence-corrected chi connectivity index (χ3v) is 2.20. The molecule has 0 unspecified atom stereocenters. The number of nitrogens with one attached hydrogen (secondary N) is 1. The molecule has 1 amide bonds. The Balaban J connectivity index is 2.40. The van der Waals surface area contributed by atoms with Gasteiger partial charge >= 0.3 is 0 Å². The van der Waals surface area contributed by atoms with Crippen molar-refractivity contribution >= 4 is 16.9 Å². The molecule has 0 bridgehead atoms. The maximum Gasteiger partial charge on any atom is 0.275 e. The fourth-order valence-corrected chi connectivity index (χ4v) is 1.41. The van der Waals surface area contributed by atoms with Crippen LogP contribution < -0.4 is 11.1 Å². The molecule has 0 saturated heterocycles. The molecule has 4 N–H and O–H groups in total. The molecule has 0 aliphatic rings. The molecule has 0 aliphatic carbocycles.